The van der Waals surface area contributed by atoms with Gasteiger partial charge >= 0.3 is 0 Å². The van der Waals surface area contributed by atoms with E-state index in [2.05, 4.69) is 13.8 Å². The third-order valence-electron chi connectivity index (χ3n) is 2.63. The van der Waals surface area contributed by atoms with E-state index in [0.29, 0.717) is 5.92 Å². The van der Waals surface area contributed by atoms with Crippen molar-refractivity contribution in [2.45, 2.75) is 46.5 Å². The van der Waals surface area contributed by atoms with Gasteiger partial charge in [-0.15, -0.1) is 0 Å². The summed E-state index contributed by atoms with van der Waals surface area (Å²) >= 11 is 0. The molecule has 2 heteroatoms. The molecule has 0 unspecified atom stereocenters. The first-order chi connectivity index (χ1) is 7.21. The molecular formula is C14H22O2. The summed E-state index contributed by atoms with van der Waals surface area (Å²) in [5, 5.41) is 19.9. The van der Waals surface area contributed by atoms with Crippen LogP contribution in [-0.2, 0) is 11.8 Å². The lowest BCUT2D eigenvalue weighted by atomic mass is 9.85. The van der Waals surface area contributed by atoms with Gasteiger partial charge in [0.1, 0.15) is 11.5 Å². The van der Waals surface area contributed by atoms with Crippen molar-refractivity contribution in [1.29, 1.82) is 0 Å². The smallest absolute Gasteiger partial charge is 0.119 e. The van der Waals surface area contributed by atoms with Crippen LogP contribution in [0.3, 0.4) is 0 Å². The molecule has 0 spiro atoms. The lowest BCUT2D eigenvalue weighted by Gasteiger charge is -2.22. The van der Waals surface area contributed by atoms with E-state index in [1.54, 1.807) is 12.1 Å². The van der Waals surface area contributed by atoms with Crippen molar-refractivity contribution >= 4 is 0 Å². The molecule has 1 aromatic rings. The van der Waals surface area contributed by atoms with Crippen molar-refractivity contribution in [3.63, 3.8) is 0 Å². The SMILES string of the molecule is CC(C)Cc1cc(O)c(C(C)(C)C)cc1O. The number of hydrogen-bond acceptors (Lipinski definition) is 2. The minimum Gasteiger partial charge on any atom is -0.508 e. The van der Waals surface area contributed by atoms with Crippen LogP contribution >= 0.6 is 0 Å². The second-order valence-electron chi connectivity index (χ2n) is 5.85. The second-order valence-corrected chi connectivity index (χ2v) is 5.85. The van der Waals surface area contributed by atoms with E-state index in [4.69, 9.17) is 0 Å². The predicted molar refractivity (Wildman–Crippen MR) is 67.0 cm³/mol. The normalized spacial score (nSPS) is 12.1. The van der Waals surface area contributed by atoms with E-state index < -0.39 is 0 Å². The highest BCUT2D eigenvalue weighted by atomic mass is 16.3. The van der Waals surface area contributed by atoms with Crippen LogP contribution in [0.25, 0.3) is 0 Å². The molecule has 1 rings (SSSR count). The summed E-state index contributed by atoms with van der Waals surface area (Å²) < 4.78 is 0. The fourth-order valence-electron chi connectivity index (χ4n) is 1.82. The van der Waals surface area contributed by atoms with Crippen molar-refractivity contribution < 1.29 is 10.2 Å². The third kappa shape index (κ3) is 2.91. The minimum atomic E-state index is -0.155. The van der Waals surface area contributed by atoms with Gasteiger partial charge in [0.25, 0.3) is 0 Å². The van der Waals surface area contributed by atoms with Gasteiger partial charge in [0.05, 0.1) is 0 Å². The standard InChI is InChI=1S/C14H22O2/c1-9(2)6-10-7-13(16)11(8-12(10)15)14(3,4)5/h7-9,15-16H,6H2,1-5H3. The molecule has 0 aliphatic heterocycles. The van der Waals surface area contributed by atoms with Crippen LogP contribution < -0.4 is 0 Å². The zero-order valence-electron chi connectivity index (χ0n) is 10.8. The van der Waals surface area contributed by atoms with Crippen molar-refractivity contribution in [3.8, 4) is 11.5 Å². The Labute approximate surface area is 97.9 Å². The zero-order valence-corrected chi connectivity index (χ0v) is 10.8. The minimum absolute atomic E-state index is 0.155. The van der Waals surface area contributed by atoms with E-state index in [9.17, 15) is 10.2 Å². The molecule has 0 aliphatic rings. The van der Waals surface area contributed by atoms with Gasteiger partial charge < -0.3 is 10.2 Å². The summed E-state index contributed by atoms with van der Waals surface area (Å²) in [4.78, 5) is 0. The quantitative estimate of drug-likeness (QED) is 0.751. The van der Waals surface area contributed by atoms with Gasteiger partial charge in [-0.3, -0.25) is 0 Å². The highest BCUT2D eigenvalue weighted by Gasteiger charge is 2.20. The van der Waals surface area contributed by atoms with E-state index in [1.165, 1.54) is 0 Å². The number of benzene rings is 1. The molecule has 0 aliphatic carbocycles. The fraction of sp³-hybridized carbons (Fsp3) is 0.571. The van der Waals surface area contributed by atoms with Crippen LogP contribution in [0.5, 0.6) is 11.5 Å². The van der Waals surface area contributed by atoms with E-state index in [1.807, 2.05) is 20.8 Å². The second kappa shape index (κ2) is 4.36. The Balaban J connectivity index is 3.17. The lowest BCUT2D eigenvalue weighted by molar-refractivity contribution is 0.428. The van der Waals surface area contributed by atoms with Crippen LogP contribution in [0, 0.1) is 5.92 Å². The van der Waals surface area contributed by atoms with Crippen molar-refractivity contribution in [2.24, 2.45) is 5.92 Å². The van der Waals surface area contributed by atoms with Gasteiger partial charge in [0, 0.05) is 5.56 Å². The lowest BCUT2D eigenvalue weighted by Crippen LogP contribution is -2.11. The topological polar surface area (TPSA) is 40.5 Å². The molecule has 2 nitrogen and oxygen atoms in total. The molecule has 0 saturated carbocycles. The van der Waals surface area contributed by atoms with Gasteiger partial charge in [-0.05, 0) is 35.4 Å². The molecule has 0 saturated heterocycles. The van der Waals surface area contributed by atoms with E-state index in [0.717, 1.165) is 17.5 Å². The molecule has 1 aromatic carbocycles. The Morgan fingerprint density at radius 1 is 1.06 bits per heavy atom. The molecule has 0 aromatic heterocycles. The first-order valence-electron chi connectivity index (χ1n) is 5.77. The molecule has 16 heavy (non-hydrogen) atoms. The molecular weight excluding hydrogens is 200 g/mol. The monoisotopic (exact) mass is 222 g/mol. The Kier molecular flexibility index (Phi) is 3.51. The summed E-state index contributed by atoms with van der Waals surface area (Å²) in [5.74, 6) is 1.03. The molecule has 0 fully saturated rings. The molecule has 0 atom stereocenters. The number of phenols is 2. The van der Waals surface area contributed by atoms with Crippen LogP contribution in [0.1, 0.15) is 45.7 Å². The predicted octanol–water partition coefficient (Wildman–Crippen LogP) is 3.59. The van der Waals surface area contributed by atoms with Gasteiger partial charge in [-0.2, -0.15) is 0 Å². The van der Waals surface area contributed by atoms with Crippen LogP contribution in [0.2, 0.25) is 0 Å². The number of rotatable bonds is 2. The number of phenolic OH excluding ortho intramolecular Hbond substituents is 2. The Hall–Kier alpha value is -1.18. The summed E-state index contributed by atoms with van der Waals surface area (Å²) in [5.41, 5.74) is 1.45. The zero-order chi connectivity index (χ0) is 12.5. The molecule has 2 N–H and O–H groups in total. The summed E-state index contributed by atoms with van der Waals surface area (Å²) in [6, 6.07) is 3.38. The van der Waals surface area contributed by atoms with E-state index >= 15 is 0 Å². The first-order valence-corrected chi connectivity index (χ1v) is 5.77. The highest BCUT2D eigenvalue weighted by molar-refractivity contribution is 5.48. The summed E-state index contributed by atoms with van der Waals surface area (Å²) in [7, 11) is 0. The van der Waals surface area contributed by atoms with Crippen molar-refractivity contribution in [2.75, 3.05) is 0 Å². The molecule has 0 heterocycles. The third-order valence-corrected chi connectivity index (χ3v) is 2.63. The molecule has 0 amide bonds. The Bertz CT molecular complexity index is 373. The Morgan fingerprint density at radius 3 is 2.06 bits per heavy atom. The van der Waals surface area contributed by atoms with Crippen LogP contribution in [-0.4, -0.2) is 10.2 Å². The van der Waals surface area contributed by atoms with Crippen LogP contribution in [0.15, 0.2) is 12.1 Å². The first kappa shape index (κ1) is 12.9. The largest absolute Gasteiger partial charge is 0.508 e. The van der Waals surface area contributed by atoms with E-state index in [-0.39, 0.29) is 16.9 Å². The van der Waals surface area contributed by atoms with Crippen molar-refractivity contribution in [1.82, 2.24) is 0 Å². The highest BCUT2D eigenvalue weighted by Crippen LogP contribution is 2.36. The molecule has 0 bridgehead atoms. The van der Waals surface area contributed by atoms with Gasteiger partial charge in [-0.1, -0.05) is 34.6 Å². The van der Waals surface area contributed by atoms with Gasteiger partial charge in [0.15, 0.2) is 0 Å². The number of aromatic hydroxyl groups is 2. The maximum atomic E-state index is 9.95. The molecule has 0 radical (unpaired) electrons. The van der Waals surface area contributed by atoms with Crippen molar-refractivity contribution in [3.05, 3.63) is 23.3 Å². The fourth-order valence-corrected chi connectivity index (χ4v) is 1.82. The Morgan fingerprint density at radius 2 is 1.62 bits per heavy atom. The maximum Gasteiger partial charge on any atom is 0.119 e. The van der Waals surface area contributed by atoms with Crippen LogP contribution in [0.4, 0.5) is 0 Å². The van der Waals surface area contributed by atoms with Gasteiger partial charge in [0.2, 0.25) is 0 Å². The molecule has 90 valence electrons. The average molecular weight is 222 g/mol. The summed E-state index contributed by atoms with van der Waals surface area (Å²) in [6.45, 7) is 10.2. The summed E-state index contributed by atoms with van der Waals surface area (Å²) in [6.07, 6.45) is 0.782. The number of hydrogen-bond donors (Lipinski definition) is 2. The average Bonchev–Trinajstić information content (AvgIpc) is 2.07. The maximum absolute atomic E-state index is 9.95. The van der Waals surface area contributed by atoms with Gasteiger partial charge in [-0.25, -0.2) is 0 Å².